The number of aromatic nitrogens is 3. The van der Waals surface area contributed by atoms with Crippen LogP contribution in [0, 0.1) is 0 Å². The molecule has 2 aromatic heterocycles. The number of hydrogen-bond donors (Lipinski definition) is 1. The number of nitrogens with zero attached hydrogens (tertiary/aromatic N) is 4. The minimum absolute atomic E-state index is 0.171. The van der Waals surface area contributed by atoms with Crippen LogP contribution >= 0.6 is 15.9 Å². The van der Waals surface area contributed by atoms with Gasteiger partial charge in [-0.1, -0.05) is 0 Å². The summed E-state index contributed by atoms with van der Waals surface area (Å²) in [6, 6.07) is 1.67. The van der Waals surface area contributed by atoms with Crippen molar-refractivity contribution in [1.82, 2.24) is 19.7 Å². The quantitative estimate of drug-likeness (QED) is 0.927. The summed E-state index contributed by atoms with van der Waals surface area (Å²) in [5.41, 5.74) is 7.08. The molecule has 6 nitrogen and oxygen atoms in total. The fourth-order valence-corrected chi connectivity index (χ4v) is 2.06. The summed E-state index contributed by atoms with van der Waals surface area (Å²) >= 11 is 3.28. The number of nitrogens with two attached hydrogens (primary N) is 1. The van der Waals surface area contributed by atoms with Crippen molar-refractivity contribution in [2.24, 2.45) is 7.05 Å². The molecule has 0 aliphatic rings. The third-order valence-electron chi connectivity index (χ3n) is 2.64. The van der Waals surface area contributed by atoms with Gasteiger partial charge in [0.05, 0.1) is 11.8 Å². The first-order valence-electron chi connectivity index (χ1n) is 5.61. The summed E-state index contributed by atoms with van der Waals surface area (Å²) in [5.74, 6) is 0.0568. The van der Waals surface area contributed by atoms with Crippen LogP contribution in [-0.2, 0) is 13.6 Å². The molecular formula is C12H14BrN5O. The van der Waals surface area contributed by atoms with Crippen molar-refractivity contribution in [2.45, 2.75) is 6.54 Å². The van der Waals surface area contributed by atoms with E-state index in [0.29, 0.717) is 12.1 Å². The van der Waals surface area contributed by atoms with E-state index < -0.39 is 0 Å². The van der Waals surface area contributed by atoms with E-state index in [1.807, 2.05) is 13.2 Å². The van der Waals surface area contributed by atoms with E-state index >= 15 is 0 Å². The molecule has 0 aromatic carbocycles. The van der Waals surface area contributed by atoms with Crippen LogP contribution in [0.2, 0.25) is 0 Å². The Bertz CT molecular complexity index is 610. The van der Waals surface area contributed by atoms with E-state index in [2.05, 4.69) is 26.0 Å². The fraction of sp³-hybridized carbons (Fsp3) is 0.250. The second-order valence-electron chi connectivity index (χ2n) is 4.27. The van der Waals surface area contributed by atoms with Crippen LogP contribution in [0.1, 0.15) is 15.9 Å². The maximum Gasteiger partial charge on any atom is 0.257 e. The molecule has 0 aliphatic carbocycles. The molecule has 0 saturated heterocycles. The Hall–Kier alpha value is -1.89. The predicted octanol–water partition coefficient (Wildman–Crippen LogP) is 1.43. The number of hydrogen-bond acceptors (Lipinski definition) is 4. The Morgan fingerprint density at radius 1 is 1.53 bits per heavy atom. The number of carbonyl (C=O) groups excluding carboxylic acids is 1. The molecule has 0 spiro atoms. The third kappa shape index (κ3) is 3.11. The number of amides is 1. The summed E-state index contributed by atoms with van der Waals surface area (Å²) in [6.45, 7) is 0.471. The van der Waals surface area contributed by atoms with E-state index in [-0.39, 0.29) is 11.7 Å². The van der Waals surface area contributed by atoms with Crippen molar-refractivity contribution in [1.29, 1.82) is 0 Å². The molecule has 0 radical (unpaired) electrons. The Balaban J connectivity index is 2.16. The average Bonchev–Trinajstić information content (AvgIpc) is 2.77. The zero-order valence-electron chi connectivity index (χ0n) is 10.7. The van der Waals surface area contributed by atoms with Gasteiger partial charge in [-0.15, -0.1) is 0 Å². The Morgan fingerprint density at radius 3 is 2.89 bits per heavy atom. The molecule has 0 saturated carbocycles. The van der Waals surface area contributed by atoms with Crippen LogP contribution in [0.4, 0.5) is 5.82 Å². The Labute approximate surface area is 119 Å². The molecule has 0 aliphatic heterocycles. The van der Waals surface area contributed by atoms with E-state index in [4.69, 9.17) is 5.73 Å². The summed E-state index contributed by atoms with van der Waals surface area (Å²) in [7, 11) is 3.55. The lowest BCUT2D eigenvalue weighted by molar-refractivity contribution is 0.0785. The van der Waals surface area contributed by atoms with Crippen molar-refractivity contribution in [3.63, 3.8) is 0 Å². The highest BCUT2D eigenvalue weighted by molar-refractivity contribution is 9.10. The standard InChI is InChI=1S/C12H14BrN5O/c1-17(6-8-4-16-18(2)7-8)12(19)10-3-9(13)5-15-11(10)14/h3-5,7H,6H2,1-2H3,(H2,14,15). The molecule has 7 heteroatoms. The minimum atomic E-state index is -0.171. The van der Waals surface area contributed by atoms with Crippen LogP contribution in [-0.4, -0.2) is 32.6 Å². The molecule has 2 rings (SSSR count). The van der Waals surface area contributed by atoms with Crippen molar-refractivity contribution in [3.8, 4) is 0 Å². The molecule has 0 unspecified atom stereocenters. The van der Waals surface area contributed by atoms with Crippen LogP contribution in [0.3, 0.4) is 0 Å². The van der Waals surface area contributed by atoms with Crippen LogP contribution in [0.25, 0.3) is 0 Å². The average molecular weight is 324 g/mol. The Kier molecular flexibility index (Phi) is 3.84. The van der Waals surface area contributed by atoms with Crippen molar-refractivity contribution >= 4 is 27.7 Å². The number of halogens is 1. The first-order chi connectivity index (χ1) is 8.97. The van der Waals surface area contributed by atoms with Gasteiger partial charge in [0.1, 0.15) is 5.82 Å². The van der Waals surface area contributed by atoms with Crippen LogP contribution in [0.15, 0.2) is 29.1 Å². The molecule has 100 valence electrons. The maximum atomic E-state index is 12.3. The topological polar surface area (TPSA) is 77.0 Å². The largest absolute Gasteiger partial charge is 0.383 e. The molecule has 2 N–H and O–H groups in total. The SMILES string of the molecule is CN(Cc1cnn(C)c1)C(=O)c1cc(Br)cnc1N. The molecule has 19 heavy (non-hydrogen) atoms. The number of anilines is 1. The normalized spacial score (nSPS) is 10.5. The zero-order valence-corrected chi connectivity index (χ0v) is 12.3. The highest BCUT2D eigenvalue weighted by Crippen LogP contribution is 2.17. The Morgan fingerprint density at radius 2 is 2.26 bits per heavy atom. The van der Waals surface area contributed by atoms with Gasteiger partial charge in [-0.2, -0.15) is 5.10 Å². The maximum absolute atomic E-state index is 12.3. The first-order valence-corrected chi connectivity index (χ1v) is 6.40. The van der Waals surface area contributed by atoms with Crippen molar-refractivity contribution < 1.29 is 4.79 Å². The number of pyridine rings is 1. The van der Waals surface area contributed by atoms with Gasteiger partial charge in [-0.3, -0.25) is 9.48 Å². The second-order valence-corrected chi connectivity index (χ2v) is 5.19. The molecular weight excluding hydrogens is 310 g/mol. The molecule has 2 heterocycles. The van der Waals surface area contributed by atoms with Gasteiger partial charge in [0, 0.05) is 43.1 Å². The number of carbonyl (C=O) groups is 1. The van der Waals surface area contributed by atoms with E-state index in [1.54, 1.807) is 35.1 Å². The predicted molar refractivity (Wildman–Crippen MR) is 75.4 cm³/mol. The van der Waals surface area contributed by atoms with Crippen molar-refractivity contribution in [3.05, 3.63) is 40.3 Å². The van der Waals surface area contributed by atoms with Gasteiger partial charge < -0.3 is 10.6 Å². The van der Waals surface area contributed by atoms with Gasteiger partial charge in [-0.25, -0.2) is 4.98 Å². The number of aryl methyl sites for hydroxylation is 1. The van der Waals surface area contributed by atoms with Gasteiger partial charge in [0.25, 0.3) is 5.91 Å². The molecule has 0 fully saturated rings. The van der Waals surface area contributed by atoms with Gasteiger partial charge >= 0.3 is 0 Å². The summed E-state index contributed by atoms with van der Waals surface area (Å²) in [5, 5.41) is 4.07. The molecule has 0 atom stereocenters. The minimum Gasteiger partial charge on any atom is -0.383 e. The van der Waals surface area contributed by atoms with E-state index in [1.165, 1.54) is 0 Å². The zero-order chi connectivity index (χ0) is 14.0. The summed E-state index contributed by atoms with van der Waals surface area (Å²) in [4.78, 5) is 17.8. The van der Waals surface area contributed by atoms with Gasteiger partial charge in [-0.05, 0) is 22.0 Å². The number of nitrogen functional groups attached to an aromatic ring is 1. The highest BCUT2D eigenvalue weighted by Gasteiger charge is 2.16. The number of rotatable bonds is 3. The van der Waals surface area contributed by atoms with E-state index in [9.17, 15) is 4.79 Å². The van der Waals surface area contributed by atoms with Crippen LogP contribution in [0.5, 0.6) is 0 Å². The van der Waals surface area contributed by atoms with E-state index in [0.717, 1.165) is 10.0 Å². The monoisotopic (exact) mass is 323 g/mol. The van der Waals surface area contributed by atoms with Gasteiger partial charge in [0.15, 0.2) is 0 Å². The summed E-state index contributed by atoms with van der Waals surface area (Å²) in [6.07, 6.45) is 5.16. The molecule has 0 bridgehead atoms. The highest BCUT2D eigenvalue weighted by atomic mass is 79.9. The lowest BCUT2D eigenvalue weighted by Gasteiger charge is -2.17. The van der Waals surface area contributed by atoms with Crippen LogP contribution < -0.4 is 5.73 Å². The second kappa shape index (κ2) is 5.40. The third-order valence-corrected chi connectivity index (χ3v) is 3.07. The van der Waals surface area contributed by atoms with Crippen molar-refractivity contribution in [2.75, 3.05) is 12.8 Å². The summed E-state index contributed by atoms with van der Waals surface area (Å²) < 4.78 is 2.42. The first kappa shape index (κ1) is 13.5. The fourth-order valence-electron chi connectivity index (χ4n) is 1.73. The molecule has 1 amide bonds. The molecule has 2 aromatic rings. The lowest BCUT2D eigenvalue weighted by atomic mass is 10.2. The van der Waals surface area contributed by atoms with Gasteiger partial charge in [0.2, 0.25) is 0 Å². The lowest BCUT2D eigenvalue weighted by Crippen LogP contribution is -2.27. The smallest absolute Gasteiger partial charge is 0.257 e.